The van der Waals surface area contributed by atoms with Gasteiger partial charge in [-0.2, -0.15) is 13.2 Å². The smallest absolute Gasteiger partial charge is 0.365 e. The molecule has 0 amide bonds. The summed E-state index contributed by atoms with van der Waals surface area (Å²) >= 11 is 1.83. The fourth-order valence-electron chi connectivity index (χ4n) is 4.05. The normalized spacial score (nSPS) is 19.5. The Hall–Kier alpha value is -1.67. The Kier molecular flexibility index (Phi) is 6.56. The molecule has 0 aliphatic heterocycles. The molecule has 1 fully saturated rings. The van der Waals surface area contributed by atoms with Crippen molar-refractivity contribution < 1.29 is 26.3 Å². The Morgan fingerprint density at radius 3 is 2.53 bits per heavy atom. The zero-order valence-corrected chi connectivity index (χ0v) is 19.3. The van der Waals surface area contributed by atoms with E-state index in [0.29, 0.717) is 25.0 Å². The first kappa shape index (κ1) is 23.5. The van der Waals surface area contributed by atoms with Gasteiger partial charge in [-0.15, -0.1) is 0 Å². The number of pyridine rings is 1. The first-order valence-corrected chi connectivity index (χ1v) is 13.0. The number of nitrogens with zero attached hydrogens (tertiary/aromatic N) is 2. The topological polar surface area (TPSA) is 55.9 Å². The van der Waals surface area contributed by atoms with Gasteiger partial charge < -0.3 is 11.1 Å². The van der Waals surface area contributed by atoms with Crippen LogP contribution >= 0.6 is 30.3 Å². The second kappa shape index (κ2) is 8.93. The van der Waals surface area contributed by atoms with Crippen molar-refractivity contribution in [1.29, 1.82) is 0 Å². The molecule has 4 nitrogen and oxygen atoms in total. The van der Waals surface area contributed by atoms with E-state index in [0.717, 1.165) is 28.0 Å². The second-order valence-corrected chi connectivity index (χ2v) is 9.42. The minimum atomic E-state index is -4.94. The van der Waals surface area contributed by atoms with Gasteiger partial charge >= 0.3 is 6.18 Å². The maximum absolute atomic E-state index is 14.7. The highest BCUT2D eigenvalue weighted by Crippen LogP contribution is 2.43. The van der Waals surface area contributed by atoms with Crippen LogP contribution in [0.25, 0.3) is 22.2 Å². The molecule has 3 N–H and O–H groups in total. The average Bonchev–Trinajstić information content (AvgIpc) is 3.07. The first-order chi connectivity index (χ1) is 15.1. The van der Waals surface area contributed by atoms with E-state index in [9.17, 15) is 26.3 Å². The van der Waals surface area contributed by atoms with Crippen LogP contribution in [-0.4, -0.2) is 21.0 Å². The van der Waals surface area contributed by atoms with E-state index < -0.39 is 34.9 Å². The maximum atomic E-state index is 14.7. The molecule has 0 saturated heterocycles. The minimum Gasteiger partial charge on any atom is -0.365 e. The van der Waals surface area contributed by atoms with E-state index in [1.807, 2.05) is 21.2 Å². The van der Waals surface area contributed by atoms with Crippen molar-refractivity contribution in [2.75, 3.05) is 5.32 Å². The van der Waals surface area contributed by atoms with E-state index in [-0.39, 0.29) is 34.4 Å². The van der Waals surface area contributed by atoms with E-state index >= 15 is 0 Å². The van der Waals surface area contributed by atoms with Crippen molar-refractivity contribution in [3.05, 3.63) is 47.4 Å². The monoisotopic (exact) mass is 586 g/mol. The van der Waals surface area contributed by atoms with Crippen molar-refractivity contribution in [2.24, 2.45) is 5.73 Å². The van der Waals surface area contributed by atoms with Crippen molar-refractivity contribution >= 4 is 47.0 Å². The van der Waals surface area contributed by atoms with Gasteiger partial charge in [0.05, 0.1) is 16.8 Å². The van der Waals surface area contributed by atoms with E-state index in [1.165, 1.54) is 10.2 Å². The Balaban J connectivity index is 1.91. The van der Waals surface area contributed by atoms with E-state index in [4.69, 9.17) is 5.73 Å². The summed E-state index contributed by atoms with van der Waals surface area (Å²) in [4.78, 5) is 3.97. The van der Waals surface area contributed by atoms with Gasteiger partial charge in [0.15, 0.2) is 17.5 Å². The Morgan fingerprint density at radius 1 is 1.12 bits per heavy atom. The molecule has 0 radical (unpaired) electrons. The van der Waals surface area contributed by atoms with Crippen LogP contribution in [0.5, 0.6) is 0 Å². The number of nitrogens with two attached hydrogens (primary N) is 1. The molecule has 1 aliphatic rings. The summed E-state index contributed by atoms with van der Waals surface area (Å²) in [6, 6.07) is 1.62. The van der Waals surface area contributed by atoms with Gasteiger partial charge in [0, 0.05) is 65.6 Å². The number of aromatic nitrogens is 2. The molecule has 2 aromatic heterocycles. The number of fused-ring (bicyclic) bond motifs is 1. The molecular weight excluding hydrogens is 569 g/mol. The van der Waals surface area contributed by atoms with E-state index in [2.05, 4.69) is 10.3 Å². The fraction of sp³-hybridized carbons (Fsp3) is 0.350. The van der Waals surface area contributed by atoms with Crippen molar-refractivity contribution in [2.45, 2.75) is 43.9 Å². The largest absolute Gasteiger partial charge is 0.418 e. The summed E-state index contributed by atoms with van der Waals surface area (Å²) in [5, 5.41) is 2.77. The quantitative estimate of drug-likeness (QED) is 0.265. The molecule has 172 valence electrons. The molecule has 3 aromatic rings. The highest BCUT2D eigenvalue weighted by molar-refractivity contribution is 14.2. The third kappa shape index (κ3) is 4.53. The number of rotatable bonds is 4. The fourth-order valence-corrected chi connectivity index (χ4v) is 5.39. The highest BCUT2D eigenvalue weighted by atomic mass is 127. The lowest BCUT2D eigenvalue weighted by Gasteiger charge is -2.28. The van der Waals surface area contributed by atoms with Crippen LogP contribution in [0.15, 0.2) is 24.4 Å². The Morgan fingerprint density at radius 2 is 1.88 bits per heavy atom. The maximum Gasteiger partial charge on any atom is 0.418 e. The van der Waals surface area contributed by atoms with Gasteiger partial charge in [0.25, 0.3) is 0 Å². The molecule has 32 heavy (non-hydrogen) atoms. The summed E-state index contributed by atoms with van der Waals surface area (Å²) in [7, 11) is 0.995. The molecule has 1 aromatic carbocycles. The van der Waals surface area contributed by atoms with Crippen LogP contribution in [0.4, 0.5) is 32.2 Å². The summed E-state index contributed by atoms with van der Waals surface area (Å²) in [6.07, 6.45) is -0.887. The molecule has 0 bridgehead atoms. The molecule has 0 unspecified atom stereocenters. The predicted octanol–water partition coefficient (Wildman–Crippen LogP) is 6.67. The van der Waals surface area contributed by atoms with Crippen molar-refractivity contribution in [3.63, 3.8) is 0 Å². The zero-order valence-electron chi connectivity index (χ0n) is 16.3. The number of alkyl halides is 3. The summed E-state index contributed by atoms with van der Waals surface area (Å²) in [6.45, 7) is 0. The molecule has 2 heterocycles. The van der Waals surface area contributed by atoms with Gasteiger partial charge in [0.2, 0.25) is 0 Å². The average molecular weight is 586 g/mol. The Labute approximate surface area is 195 Å². The molecule has 12 heteroatoms. The number of halogens is 7. The zero-order chi connectivity index (χ0) is 23.2. The summed E-state index contributed by atoms with van der Waals surface area (Å²) in [5.74, 6) is -3.39. The van der Waals surface area contributed by atoms with Crippen LogP contribution < -0.4 is 11.1 Å². The van der Waals surface area contributed by atoms with Crippen LogP contribution in [-0.2, 0) is 6.18 Å². The minimum absolute atomic E-state index is 0.0900. The predicted molar refractivity (Wildman–Crippen MR) is 121 cm³/mol. The van der Waals surface area contributed by atoms with Crippen LogP contribution in [0, 0.1) is 17.5 Å². The number of benzene rings is 1. The van der Waals surface area contributed by atoms with Crippen molar-refractivity contribution in [1.82, 2.24) is 8.96 Å². The third-order valence-corrected chi connectivity index (χ3v) is 7.16. The second-order valence-electron chi connectivity index (χ2n) is 7.70. The summed E-state index contributed by atoms with van der Waals surface area (Å²) < 4.78 is 85.7. The number of hydrogen-bond donors (Lipinski definition) is 2. The number of nitrogens with one attached hydrogen (secondary N) is 1. The Bertz CT molecular complexity index is 1170. The summed E-state index contributed by atoms with van der Waals surface area (Å²) in [5.41, 5.74) is 3.76. The van der Waals surface area contributed by atoms with Crippen LogP contribution in [0.1, 0.15) is 31.2 Å². The van der Waals surface area contributed by atoms with Crippen LogP contribution in [0.2, 0.25) is 0 Å². The lowest BCUT2D eigenvalue weighted by molar-refractivity contribution is -0.137. The standard InChI is InChI=1S/C20H17F6IN4S/c21-9-4-12-13(8-31(32-27)18(12)15(22)5-9)17-14(20(24,25)26)7-16(23)19(30-17)29-11-3-1-2-10(28)6-11/h4-5,7-8,10-11H,1-3,6,28H2,(H,29,30)/t10-,11+/m0/s1. The van der Waals surface area contributed by atoms with Gasteiger partial charge in [0.1, 0.15) is 5.82 Å². The van der Waals surface area contributed by atoms with Gasteiger partial charge in [-0.25, -0.2) is 18.2 Å². The molecule has 0 spiro atoms. The molecular formula is C20H17F6IN4S. The van der Waals surface area contributed by atoms with E-state index in [1.54, 1.807) is 0 Å². The SMILES string of the molecule is N[C@H]1CCC[C@@H](Nc2nc(-c3cn(SI)c4c(F)cc(F)cc34)c(C(F)(F)F)cc2F)C1. The molecule has 1 aliphatic carbocycles. The van der Waals surface area contributed by atoms with Gasteiger partial charge in [-0.3, -0.25) is 3.97 Å². The van der Waals surface area contributed by atoms with Gasteiger partial charge in [-0.05, 0) is 37.8 Å². The van der Waals surface area contributed by atoms with Gasteiger partial charge in [-0.1, -0.05) is 0 Å². The van der Waals surface area contributed by atoms with Crippen LogP contribution in [0.3, 0.4) is 0 Å². The number of hydrogen-bond acceptors (Lipinski definition) is 4. The third-order valence-electron chi connectivity index (χ3n) is 5.45. The molecule has 2 atom stereocenters. The molecule has 1 saturated carbocycles. The highest BCUT2D eigenvalue weighted by Gasteiger charge is 2.37. The molecule has 4 rings (SSSR count). The lowest BCUT2D eigenvalue weighted by Crippen LogP contribution is -2.35. The number of anilines is 1. The lowest BCUT2D eigenvalue weighted by atomic mass is 9.91. The van der Waals surface area contributed by atoms with Crippen molar-refractivity contribution in [3.8, 4) is 11.3 Å². The first-order valence-electron chi connectivity index (χ1n) is 9.68.